The number of nitrogens with zero attached hydrogens (tertiary/aromatic N) is 2. The van der Waals surface area contributed by atoms with E-state index >= 15 is 0 Å². The number of pyridine rings is 1. The van der Waals surface area contributed by atoms with E-state index in [1.807, 2.05) is 47.4 Å². The van der Waals surface area contributed by atoms with Gasteiger partial charge in [0.1, 0.15) is 0 Å². The van der Waals surface area contributed by atoms with Gasteiger partial charge in [-0.15, -0.1) is 0 Å². The summed E-state index contributed by atoms with van der Waals surface area (Å²) >= 11 is 12.2. The van der Waals surface area contributed by atoms with E-state index in [0.29, 0.717) is 42.6 Å². The third kappa shape index (κ3) is 5.54. The average molecular weight is 535 g/mol. The minimum absolute atomic E-state index is 0.00256. The molecule has 0 saturated carbocycles. The second-order valence-corrected chi connectivity index (χ2v) is 9.37. The number of hydrogen-bond donors (Lipinski definition) is 2. The summed E-state index contributed by atoms with van der Waals surface area (Å²) in [6, 6.07) is 18.2. The number of morpholine rings is 1. The summed E-state index contributed by atoms with van der Waals surface area (Å²) in [6.45, 7) is 2.58. The zero-order chi connectivity index (χ0) is 25.8. The van der Waals surface area contributed by atoms with Crippen LogP contribution in [0.15, 0.2) is 73.1 Å². The maximum Gasteiger partial charge on any atom is 0.319 e. The molecule has 2 N–H and O–H groups in total. The van der Waals surface area contributed by atoms with Crippen LogP contribution in [0, 0.1) is 0 Å². The van der Waals surface area contributed by atoms with Crippen molar-refractivity contribution in [1.82, 2.24) is 15.2 Å². The van der Waals surface area contributed by atoms with Crippen molar-refractivity contribution < 1.29 is 14.3 Å². The van der Waals surface area contributed by atoms with Crippen molar-refractivity contribution >= 4 is 51.6 Å². The van der Waals surface area contributed by atoms with Gasteiger partial charge in [0, 0.05) is 43.0 Å². The zero-order valence-corrected chi connectivity index (χ0v) is 21.4. The molecule has 0 unspecified atom stereocenters. The van der Waals surface area contributed by atoms with E-state index in [2.05, 4.69) is 15.6 Å². The van der Waals surface area contributed by atoms with Crippen LogP contribution in [0.5, 0.6) is 0 Å². The Bertz CT molecular complexity index is 1470. The molecule has 37 heavy (non-hydrogen) atoms. The van der Waals surface area contributed by atoms with Gasteiger partial charge in [0.25, 0.3) is 5.91 Å². The Hall–Kier alpha value is -3.65. The molecule has 1 aliphatic rings. The van der Waals surface area contributed by atoms with Gasteiger partial charge in [0.15, 0.2) is 0 Å². The van der Waals surface area contributed by atoms with E-state index in [1.54, 1.807) is 30.6 Å². The molecule has 0 bridgehead atoms. The number of benzene rings is 3. The number of urea groups is 1. The van der Waals surface area contributed by atoms with Gasteiger partial charge >= 0.3 is 6.03 Å². The molecule has 2 heterocycles. The zero-order valence-electron chi connectivity index (χ0n) is 19.8. The second-order valence-electron chi connectivity index (χ2n) is 8.59. The molecule has 5 rings (SSSR count). The standard InChI is InChI=1S/C28H24Cl2N4O3/c29-24-5-2-6-25(26(24)30)33-28(36)32-16-20-7-8-21(22-9-10-31-17-23(20)22)18-3-1-4-19(15-18)27(35)34-11-13-37-14-12-34/h1-10,15,17H,11-14,16H2,(H2,32,33,36). The summed E-state index contributed by atoms with van der Waals surface area (Å²) in [4.78, 5) is 31.7. The highest BCUT2D eigenvalue weighted by Gasteiger charge is 2.19. The molecule has 9 heteroatoms. The van der Waals surface area contributed by atoms with Gasteiger partial charge in [0.05, 0.1) is 28.9 Å². The maximum absolute atomic E-state index is 13.0. The largest absolute Gasteiger partial charge is 0.378 e. The van der Waals surface area contributed by atoms with Gasteiger partial charge in [0.2, 0.25) is 0 Å². The minimum Gasteiger partial charge on any atom is -0.378 e. The lowest BCUT2D eigenvalue weighted by atomic mass is 9.95. The van der Waals surface area contributed by atoms with Crippen LogP contribution in [0.2, 0.25) is 10.0 Å². The molecule has 4 aromatic rings. The van der Waals surface area contributed by atoms with Crippen LogP contribution in [0.4, 0.5) is 10.5 Å². The Morgan fingerprint density at radius 2 is 1.78 bits per heavy atom. The number of rotatable bonds is 5. The minimum atomic E-state index is -0.403. The molecule has 7 nitrogen and oxygen atoms in total. The number of halogens is 2. The summed E-state index contributed by atoms with van der Waals surface area (Å²) < 4.78 is 5.37. The van der Waals surface area contributed by atoms with Gasteiger partial charge in [-0.05, 0) is 52.4 Å². The fourth-order valence-corrected chi connectivity index (χ4v) is 4.71. The average Bonchev–Trinajstić information content (AvgIpc) is 2.94. The third-order valence-corrected chi connectivity index (χ3v) is 7.09. The molecule has 0 aliphatic carbocycles. The van der Waals surface area contributed by atoms with Crippen molar-refractivity contribution in [2.45, 2.75) is 6.54 Å². The quantitative estimate of drug-likeness (QED) is 0.328. The van der Waals surface area contributed by atoms with Crippen molar-refractivity contribution in [3.8, 4) is 11.1 Å². The van der Waals surface area contributed by atoms with Crippen molar-refractivity contribution in [2.24, 2.45) is 0 Å². The molecular weight excluding hydrogens is 511 g/mol. The van der Waals surface area contributed by atoms with Crippen LogP contribution in [0.1, 0.15) is 15.9 Å². The Kier molecular flexibility index (Phi) is 7.55. The molecule has 1 aromatic heterocycles. The van der Waals surface area contributed by atoms with Crippen molar-refractivity contribution in [3.63, 3.8) is 0 Å². The maximum atomic E-state index is 13.0. The number of carbonyl (C=O) groups is 2. The van der Waals surface area contributed by atoms with Gasteiger partial charge in [-0.3, -0.25) is 9.78 Å². The SMILES string of the molecule is O=C(NCc1ccc(-c2cccc(C(=O)N3CCOCC3)c2)c2ccncc12)Nc1cccc(Cl)c1Cl. The number of aromatic nitrogens is 1. The molecule has 0 spiro atoms. The Labute approximate surface area is 224 Å². The fourth-order valence-electron chi connectivity index (χ4n) is 4.37. The first-order chi connectivity index (χ1) is 18.0. The summed E-state index contributed by atoms with van der Waals surface area (Å²) in [7, 11) is 0. The van der Waals surface area contributed by atoms with Crippen LogP contribution in [-0.4, -0.2) is 48.1 Å². The van der Waals surface area contributed by atoms with Crippen molar-refractivity contribution in [1.29, 1.82) is 0 Å². The molecule has 0 radical (unpaired) electrons. The molecule has 1 fully saturated rings. The number of nitrogens with one attached hydrogen (secondary N) is 2. The van der Waals surface area contributed by atoms with E-state index in [9.17, 15) is 9.59 Å². The number of fused-ring (bicyclic) bond motifs is 1. The topological polar surface area (TPSA) is 83.6 Å². The number of ether oxygens (including phenoxy) is 1. The lowest BCUT2D eigenvalue weighted by Gasteiger charge is -2.27. The van der Waals surface area contributed by atoms with Gasteiger partial charge in [-0.1, -0.05) is 53.5 Å². The Morgan fingerprint density at radius 3 is 2.62 bits per heavy atom. The van der Waals surface area contributed by atoms with Crippen molar-refractivity contribution in [3.05, 3.63) is 94.2 Å². The second kappa shape index (κ2) is 11.2. The highest BCUT2D eigenvalue weighted by Crippen LogP contribution is 2.32. The summed E-state index contributed by atoms with van der Waals surface area (Å²) in [5, 5.41) is 8.12. The normalized spacial score (nSPS) is 13.4. The van der Waals surface area contributed by atoms with Crippen LogP contribution < -0.4 is 10.6 Å². The van der Waals surface area contributed by atoms with Gasteiger partial charge in [-0.25, -0.2) is 4.79 Å². The Balaban J connectivity index is 1.37. The number of anilines is 1. The van der Waals surface area contributed by atoms with E-state index in [4.69, 9.17) is 27.9 Å². The summed E-state index contributed by atoms with van der Waals surface area (Å²) in [5.41, 5.74) is 3.89. The smallest absolute Gasteiger partial charge is 0.319 e. The first-order valence-electron chi connectivity index (χ1n) is 11.8. The van der Waals surface area contributed by atoms with E-state index in [1.165, 1.54) is 0 Å². The van der Waals surface area contributed by atoms with Crippen LogP contribution >= 0.6 is 23.2 Å². The first-order valence-corrected chi connectivity index (χ1v) is 12.6. The van der Waals surface area contributed by atoms with Gasteiger partial charge in [-0.2, -0.15) is 0 Å². The van der Waals surface area contributed by atoms with Gasteiger partial charge < -0.3 is 20.3 Å². The van der Waals surface area contributed by atoms with Crippen LogP contribution in [-0.2, 0) is 11.3 Å². The lowest BCUT2D eigenvalue weighted by Crippen LogP contribution is -2.40. The van der Waals surface area contributed by atoms with E-state index in [0.717, 1.165) is 27.5 Å². The fraction of sp³-hybridized carbons (Fsp3) is 0.179. The Morgan fingerprint density at radius 1 is 0.973 bits per heavy atom. The number of carbonyl (C=O) groups excluding carboxylic acids is 2. The molecule has 1 saturated heterocycles. The highest BCUT2D eigenvalue weighted by atomic mass is 35.5. The monoisotopic (exact) mass is 534 g/mol. The summed E-state index contributed by atoms with van der Waals surface area (Å²) in [5.74, 6) is 0.00256. The third-order valence-electron chi connectivity index (χ3n) is 6.27. The predicted molar refractivity (Wildman–Crippen MR) is 146 cm³/mol. The van der Waals surface area contributed by atoms with Crippen LogP contribution in [0.3, 0.4) is 0 Å². The van der Waals surface area contributed by atoms with Crippen LogP contribution in [0.25, 0.3) is 21.9 Å². The summed E-state index contributed by atoms with van der Waals surface area (Å²) in [6.07, 6.45) is 3.52. The molecule has 3 aromatic carbocycles. The first kappa shape index (κ1) is 25.0. The molecule has 3 amide bonds. The highest BCUT2D eigenvalue weighted by molar-refractivity contribution is 6.43. The molecular formula is C28H24Cl2N4O3. The van der Waals surface area contributed by atoms with E-state index < -0.39 is 6.03 Å². The molecule has 1 aliphatic heterocycles. The number of hydrogen-bond acceptors (Lipinski definition) is 4. The van der Waals surface area contributed by atoms with Crippen molar-refractivity contribution in [2.75, 3.05) is 31.6 Å². The molecule has 188 valence electrons. The van der Waals surface area contributed by atoms with E-state index in [-0.39, 0.29) is 17.5 Å². The predicted octanol–water partition coefficient (Wildman–Crippen LogP) is 6.00. The lowest BCUT2D eigenvalue weighted by molar-refractivity contribution is 0.0303. The number of amides is 3. The molecule has 0 atom stereocenters.